The molecule has 4 aromatic carbocycles. The van der Waals surface area contributed by atoms with Gasteiger partial charge in [0.15, 0.2) is 23.0 Å². The number of nitrogens with zero attached hydrogens (tertiary/aromatic N) is 2. The van der Waals surface area contributed by atoms with Crippen LogP contribution in [-0.2, 0) is 0 Å². The number of ether oxygens (including phenoxy) is 2. The molecular weight excluding hydrogens is 500 g/mol. The molecule has 6 heteroatoms. The Balaban J connectivity index is 1.50. The van der Waals surface area contributed by atoms with Crippen LogP contribution in [0.3, 0.4) is 0 Å². The first-order valence-corrected chi connectivity index (χ1v) is 12.7. The van der Waals surface area contributed by atoms with E-state index in [1.54, 1.807) is 36.7 Å². The largest absolute Gasteiger partial charge is 0.504 e. The number of aromatic hydroxyl groups is 2. The van der Waals surface area contributed by atoms with Gasteiger partial charge in [-0.05, 0) is 69.8 Å². The molecule has 0 fully saturated rings. The number of hydrogen-bond acceptors (Lipinski definition) is 6. The molecule has 4 rings (SSSR count). The molecule has 0 unspecified atom stereocenters. The SMILES string of the molecule is C=Cc1cccc(-c2cc(C=NCCN=Cc3cc(-c4cccc(C=C)c4)cc(OC)c3O)c(O)c(OC)c2)c1. The summed E-state index contributed by atoms with van der Waals surface area (Å²) in [5, 5.41) is 21.3. The van der Waals surface area contributed by atoms with Crippen LogP contribution in [0.1, 0.15) is 22.3 Å². The molecule has 0 heterocycles. The Hall–Kier alpha value is -5.10. The van der Waals surface area contributed by atoms with Crippen molar-refractivity contribution in [2.75, 3.05) is 27.3 Å². The summed E-state index contributed by atoms with van der Waals surface area (Å²) in [7, 11) is 3.04. The summed E-state index contributed by atoms with van der Waals surface area (Å²) in [5.74, 6) is 0.772. The van der Waals surface area contributed by atoms with Crippen molar-refractivity contribution in [1.82, 2.24) is 0 Å². The molecule has 0 aliphatic heterocycles. The second kappa shape index (κ2) is 13.1. The Morgan fingerprint density at radius 1 is 0.625 bits per heavy atom. The average molecular weight is 533 g/mol. The van der Waals surface area contributed by atoms with Crippen LogP contribution in [0.5, 0.6) is 23.0 Å². The molecule has 0 amide bonds. The van der Waals surface area contributed by atoms with E-state index in [2.05, 4.69) is 23.1 Å². The van der Waals surface area contributed by atoms with Crippen LogP contribution in [0.25, 0.3) is 34.4 Å². The van der Waals surface area contributed by atoms with Crippen LogP contribution in [0.15, 0.2) is 95.9 Å². The van der Waals surface area contributed by atoms with E-state index in [4.69, 9.17) is 9.47 Å². The van der Waals surface area contributed by atoms with E-state index in [1.165, 1.54) is 14.2 Å². The van der Waals surface area contributed by atoms with Gasteiger partial charge in [0.1, 0.15) is 0 Å². The van der Waals surface area contributed by atoms with E-state index in [0.29, 0.717) is 35.7 Å². The van der Waals surface area contributed by atoms with Gasteiger partial charge in [-0.3, -0.25) is 9.98 Å². The molecule has 0 radical (unpaired) electrons. The highest BCUT2D eigenvalue weighted by Gasteiger charge is 2.12. The highest BCUT2D eigenvalue weighted by molar-refractivity contribution is 5.89. The third-order valence-corrected chi connectivity index (χ3v) is 6.38. The Morgan fingerprint density at radius 2 is 1.05 bits per heavy atom. The summed E-state index contributed by atoms with van der Waals surface area (Å²) >= 11 is 0. The number of benzene rings is 4. The maximum Gasteiger partial charge on any atom is 0.166 e. The predicted molar refractivity (Wildman–Crippen MR) is 165 cm³/mol. The molecule has 0 bridgehead atoms. The van der Waals surface area contributed by atoms with E-state index in [9.17, 15) is 10.2 Å². The van der Waals surface area contributed by atoms with E-state index >= 15 is 0 Å². The van der Waals surface area contributed by atoms with Gasteiger partial charge in [-0.25, -0.2) is 0 Å². The van der Waals surface area contributed by atoms with Gasteiger partial charge in [0, 0.05) is 23.6 Å². The van der Waals surface area contributed by atoms with Crippen molar-refractivity contribution in [3.63, 3.8) is 0 Å². The first-order chi connectivity index (χ1) is 19.5. The Kier molecular flexibility index (Phi) is 9.15. The van der Waals surface area contributed by atoms with Gasteiger partial charge in [0.25, 0.3) is 0 Å². The second-order valence-electron chi connectivity index (χ2n) is 8.96. The minimum atomic E-state index is 0.0210. The van der Waals surface area contributed by atoms with Gasteiger partial charge < -0.3 is 19.7 Å². The first-order valence-electron chi connectivity index (χ1n) is 12.7. The molecule has 0 spiro atoms. The highest BCUT2D eigenvalue weighted by Crippen LogP contribution is 2.36. The van der Waals surface area contributed by atoms with E-state index in [-0.39, 0.29) is 11.5 Å². The number of aliphatic imine (C=N–C) groups is 2. The smallest absolute Gasteiger partial charge is 0.166 e. The molecule has 2 N–H and O–H groups in total. The second-order valence-corrected chi connectivity index (χ2v) is 8.96. The van der Waals surface area contributed by atoms with Gasteiger partial charge in [-0.15, -0.1) is 0 Å². The van der Waals surface area contributed by atoms with Crippen molar-refractivity contribution in [3.8, 4) is 45.3 Å². The van der Waals surface area contributed by atoms with Crippen LogP contribution in [0.2, 0.25) is 0 Å². The lowest BCUT2D eigenvalue weighted by molar-refractivity contribution is 0.373. The molecule has 202 valence electrons. The normalized spacial score (nSPS) is 11.2. The standard InChI is InChI=1S/C34H32N2O4/c1-5-23-9-7-11-25(15-23)27-17-29(33(37)31(19-27)39-3)21-35-13-14-36-22-30-18-28(20-32(40-4)34(30)38)26-12-8-10-24(6-2)16-26/h5-12,15-22,37-38H,1-2,13-14H2,3-4H3. The summed E-state index contributed by atoms with van der Waals surface area (Å²) in [5.41, 5.74) is 6.81. The molecule has 0 aromatic heterocycles. The minimum Gasteiger partial charge on any atom is -0.504 e. The van der Waals surface area contributed by atoms with Crippen LogP contribution >= 0.6 is 0 Å². The fraction of sp³-hybridized carbons (Fsp3) is 0.118. The fourth-order valence-corrected chi connectivity index (χ4v) is 4.23. The van der Waals surface area contributed by atoms with Crippen molar-refractivity contribution < 1.29 is 19.7 Å². The molecular formula is C34H32N2O4. The van der Waals surface area contributed by atoms with Gasteiger partial charge in [-0.2, -0.15) is 0 Å². The Labute approximate surface area is 234 Å². The molecule has 0 saturated carbocycles. The zero-order chi connectivity index (χ0) is 28.5. The van der Waals surface area contributed by atoms with Crippen molar-refractivity contribution in [3.05, 3.63) is 108 Å². The summed E-state index contributed by atoms with van der Waals surface area (Å²) < 4.78 is 10.8. The molecule has 0 aliphatic carbocycles. The lowest BCUT2D eigenvalue weighted by Gasteiger charge is -2.11. The van der Waals surface area contributed by atoms with Gasteiger partial charge >= 0.3 is 0 Å². The van der Waals surface area contributed by atoms with Gasteiger partial charge in [-0.1, -0.05) is 61.7 Å². The zero-order valence-electron chi connectivity index (χ0n) is 22.7. The van der Waals surface area contributed by atoms with Crippen molar-refractivity contribution in [2.45, 2.75) is 0 Å². The predicted octanol–water partition coefficient (Wildman–Crippen LogP) is 7.27. The van der Waals surface area contributed by atoms with Crippen molar-refractivity contribution in [1.29, 1.82) is 0 Å². The fourth-order valence-electron chi connectivity index (χ4n) is 4.23. The summed E-state index contributed by atoms with van der Waals surface area (Å²) in [6.45, 7) is 8.43. The first kappa shape index (κ1) is 27.9. The average Bonchev–Trinajstić information content (AvgIpc) is 3.00. The van der Waals surface area contributed by atoms with Crippen molar-refractivity contribution >= 4 is 24.6 Å². The molecule has 0 atom stereocenters. The molecule has 40 heavy (non-hydrogen) atoms. The number of methoxy groups -OCH3 is 2. The van der Waals surface area contributed by atoms with Crippen molar-refractivity contribution in [2.24, 2.45) is 9.98 Å². The van der Waals surface area contributed by atoms with Gasteiger partial charge in [0.05, 0.1) is 27.3 Å². The lowest BCUT2D eigenvalue weighted by Crippen LogP contribution is -1.95. The monoisotopic (exact) mass is 532 g/mol. The lowest BCUT2D eigenvalue weighted by atomic mass is 10.00. The van der Waals surface area contributed by atoms with E-state index in [1.807, 2.05) is 60.7 Å². The number of rotatable bonds is 11. The van der Waals surface area contributed by atoms with Gasteiger partial charge in [0.2, 0.25) is 0 Å². The maximum absolute atomic E-state index is 10.6. The molecule has 4 aromatic rings. The number of phenols is 2. The molecule has 0 saturated heterocycles. The highest BCUT2D eigenvalue weighted by atomic mass is 16.5. The number of hydrogen-bond donors (Lipinski definition) is 2. The van der Waals surface area contributed by atoms with Crippen LogP contribution in [-0.4, -0.2) is 50.0 Å². The molecule has 0 aliphatic rings. The zero-order valence-corrected chi connectivity index (χ0v) is 22.7. The quantitative estimate of drug-likeness (QED) is 0.157. The Morgan fingerprint density at radius 3 is 1.43 bits per heavy atom. The van der Waals surface area contributed by atoms with Crippen LogP contribution in [0.4, 0.5) is 0 Å². The van der Waals surface area contributed by atoms with E-state index in [0.717, 1.165) is 33.4 Å². The Bertz CT molecular complexity index is 1470. The van der Waals surface area contributed by atoms with E-state index < -0.39 is 0 Å². The minimum absolute atomic E-state index is 0.0210. The summed E-state index contributed by atoms with van der Waals surface area (Å²) in [4.78, 5) is 8.90. The number of phenolic OH excluding ortho intramolecular Hbond substituents is 2. The third kappa shape index (κ3) is 6.48. The maximum atomic E-state index is 10.6. The molecule has 6 nitrogen and oxygen atoms in total. The summed E-state index contributed by atoms with van der Waals surface area (Å²) in [6, 6.07) is 23.2. The topological polar surface area (TPSA) is 83.6 Å². The third-order valence-electron chi connectivity index (χ3n) is 6.38. The van der Waals surface area contributed by atoms with Crippen LogP contribution < -0.4 is 9.47 Å². The summed E-state index contributed by atoms with van der Waals surface area (Å²) in [6.07, 6.45) is 6.80. The van der Waals surface area contributed by atoms with Crippen LogP contribution in [0, 0.1) is 0 Å².